The van der Waals surface area contributed by atoms with Gasteiger partial charge in [0, 0.05) is 5.25 Å². The summed E-state index contributed by atoms with van der Waals surface area (Å²) in [4.78, 5) is 4.42. The zero-order valence-corrected chi connectivity index (χ0v) is 11.5. The number of hydrogen-bond acceptors (Lipinski definition) is 3. The number of aryl methyl sites for hydroxylation is 2. The normalized spacial score (nSPS) is 12.3. The number of rotatable bonds is 5. The zero-order valence-electron chi connectivity index (χ0n) is 10.7. The predicted octanol–water partition coefficient (Wildman–Crippen LogP) is 4.70. The number of benzene rings is 1. The van der Waals surface area contributed by atoms with Gasteiger partial charge in [-0.15, -0.1) is 6.58 Å². The molecule has 1 aromatic carbocycles. The highest BCUT2D eigenvalue weighted by Gasteiger charge is 2.15. The molecule has 0 radical (unpaired) electrons. The van der Waals surface area contributed by atoms with E-state index in [1.165, 1.54) is 5.56 Å². The first kappa shape index (κ1) is 13.0. The van der Waals surface area contributed by atoms with Crippen LogP contribution in [-0.2, 0) is 0 Å². The quantitative estimate of drug-likeness (QED) is 0.575. The van der Waals surface area contributed by atoms with Crippen molar-refractivity contribution in [2.45, 2.75) is 30.7 Å². The fourth-order valence-electron chi connectivity index (χ4n) is 1.69. The molecule has 0 aliphatic rings. The molecule has 0 saturated carbocycles. The van der Waals surface area contributed by atoms with Crippen LogP contribution < -0.4 is 0 Å². The second-order valence-corrected chi connectivity index (χ2v) is 5.32. The second-order valence-electron chi connectivity index (χ2n) is 4.16. The van der Waals surface area contributed by atoms with Crippen molar-refractivity contribution in [1.82, 2.24) is 4.98 Å². The van der Waals surface area contributed by atoms with E-state index in [-0.39, 0.29) is 0 Å². The lowest BCUT2D eigenvalue weighted by Gasteiger charge is -2.12. The fraction of sp³-hybridized carbons (Fsp3) is 0.267. The third-order valence-electron chi connectivity index (χ3n) is 2.80. The van der Waals surface area contributed by atoms with Crippen LogP contribution in [0.15, 0.2) is 52.6 Å². The molecule has 0 bridgehead atoms. The molecule has 0 spiro atoms. The van der Waals surface area contributed by atoms with Crippen LogP contribution >= 0.6 is 11.8 Å². The molecule has 0 fully saturated rings. The zero-order chi connectivity index (χ0) is 13.0. The minimum atomic E-state index is 0.307. The monoisotopic (exact) mass is 259 g/mol. The Hall–Kier alpha value is -1.48. The third-order valence-corrected chi connectivity index (χ3v) is 3.93. The van der Waals surface area contributed by atoms with Crippen LogP contribution in [0.3, 0.4) is 0 Å². The molecule has 1 atom stereocenters. The lowest BCUT2D eigenvalue weighted by molar-refractivity contribution is 0.430. The van der Waals surface area contributed by atoms with Gasteiger partial charge in [-0.1, -0.05) is 48.2 Å². The Balaban J connectivity index is 2.19. The van der Waals surface area contributed by atoms with Crippen molar-refractivity contribution >= 4 is 11.8 Å². The molecular weight excluding hydrogens is 242 g/mol. The Morgan fingerprint density at radius 1 is 1.33 bits per heavy atom. The first-order valence-corrected chi connectivity index (χ1v) is 6.85. The van der Waals surface area contributed by atoms with Gasteiger partial charge in [0.2, 0.25) is 0 Å². The average molecular weight is 259 g/mol. The van der Waals surface area contributed by atoms with Gasteiger partial charge in [-0.25, -0.2) is 4.98 Å². The van der Waals surface area contributed by atoms with Gasteiger partial charge >= 0.3 is 0 Å². The van der Waals surface area contributed by atoms with Crippen LogP contribution in [0.1, 0.15) is 28.7 Å². The predicted molar refractivity (Wildman–Crippen MR) is 75.8 cm³/mol. The Kier molecular flexibility index (Phi) is 4.26. The number of allylic oxidation sites excluding steroid dienone is 1. The van der Waals surface area contributed by atoms with Crippen molar-refractivity contribution in [1.29, 1.82) is 0 Å². The van der Waals surface area contributed by atoms with Crippen molar-refractivity contribution < 1.29 is 4.42 Å². The van der Waals surface area contributed by atoms with Gasteiger partial charge in [-0.05, 0) is 25.8 Å². The first-order valence-electron chi connectivity index (χ1n) is 5.97. The largest absolute Gasteiger partial charge is 0.437 e. The Morgan fingerprint density at radius 3 is 2.61 bits per heavy atom. The van der Waals surface area contributed by atoms with Crippen LogP contribution in [-0.4, -0.2) is 4.98 Å². The van der Waals surface area contributed by atoms with Crippen molar-refractivity contribution in [2.75, 3.05) is 0 Å². The molecule has 0 aliphatic heterocycles. The van der Waals surface area contributed by atoms with Crippen LogP contribution in [0.2, 0.25) is 0 Å². The van der Waals surface area contributed by atoms with E-state index in [1.807, 2.05) is 26.0 Å². The molecule has 2 nitrogen and oxygen atoms in total. The van der Waals surface area contributed by atoms with Gasteiger partial charge in [-0.3, -0.25) is 0 Å². The third kappa shape index (κ3) is 3.05. The molecule has 0 aliphatic carbocycles. The molecule has 0 saturated heterocycles. The van der Waals surface area contributed by atoms with Crippen molar-refractivity contribution in [3.05, 3.63) is 60.0 Å². The molecule has 94 valence electrons. The van der Waals surface area contributed by atoms with Gasteiger partial charge in [0.15, 0.2) is 0 Å². The molecule has 1 heterocycles. The van der Waals surface area contributed by atoms with Crippen LogP contribution in [0, 0.1) is 13.8 Å². The van der Waals surface area contributed by atoms with E-state index in [9.17, 15) is 0 Å². The van der Waals surface area contributed by atoms with E-state index in [1.54, 1.807) is 11.8 Å². The summed E-state index contributed by atoms with van der Waals surface area (Å²) in [6.07, 6.45) is 2.84. The lowest BCUT2D eigenvalue weighted by Crippen LogP contribution is -1.92. The summed E-state index contributed by atoms with van der Waals surface area (Å²) in [5, 5.41) is 1.04. The second kappa shape index (κ2) is 5.91. The Bertz CT molecular complexity index is 499. The van der Waals surface area contributed by atoms with Crippen LogP contribution in [0.25, 0.3) is 0 Å². The molecule has 1 unspecified atom stereocenters. The van der Waals surface area contributed by atoms with E-state index in [0.29, 0.717) is 5.25 Å². The first-order chi connectivity index (χ1) is 8.70. The van der Waals surface area contributed by atoms with Gasteiger partial charge in [-0.2, -0.15) is 0 Å². The van der Waals surface area contributed by atoms with E-state index < -0.39 is 0 Å². The summed E-state index contributed by atoms with van der Waals surface area (Å²) in [6, 6.07) is 10.4. The number of hydrogen-bond donors (Lipinski definition) is 0. The topological polar surface area (TPSA) is 26.0 Å². The summed E-state index contributed by atoms with van der Waals surface area (Å²) in [5.41, 5.74) is 2.24. The maximum Gasteiger partial charge on any atom is 0.256 e. The van der Waals surface area contributed by atoms with Gasteiger partial charge in [0.05, 0.1) is 5.69 Å². The van der Waals surface area contributed by atoms with E-state index in [0.717, 1.165) is 23.1 Å². The van der Waals surface area contributed by atoms with Gasteiger partial charge in [0.25, 0.3) is 5.22 Å². The molecule has 3 heteroatoms. The Labute approximate surface area is 112 Å². The summed E-state index contributed by atoms with van der Waals surface area (Å²) in [7, 11) is 0. The molecule has 2 rings (SSSR count). The summed E-state index contributed by atoms with van der Waals surface area (Å²) < 4.78 is 5.63. The molecule has 0 amide bonds. The fourth-order valence-corrected chi connectivity index (χ4v) is 2.82. The molecular formula is C15H17NOS. The lowest BCUT2D eigenvalue weighted by atomic mass is 10.1. The minimum absolute atomic E-state index is 0.307. The standard InChI is InChI=1S/C15H17NOS/c1-4-8-14(13-9-6-5-7-10-13)18-15-16-11(2)12(3)17-15/h4-7,9-10,14H,1,8H2,2-3H3. The van der Waals surface area contributed by atoms with E-state index >= 15 is 0 Å². The molecule has 18 heavy (non-hydrogen) atoms. The van der Waals surface area contributed by atoms with Crippen LogP contribution in [0.4, 0.5) is 0 Å². The number of oxazole rings is 1. The van der Waals surface area contributed by atoms with Crippen molar-refractivity contribution in [3.8, 4) is 0 Å². The van der Waals surface area contributed by atoms with E-state index in [4.69, 9.17) is 4.42 Å². The maximum absolute atomic E-state index is 5.63. The smallest absolute Gasteiger partial charge is 0.256 e. The highest BCUT2D eigenvalue weighted by molar-refractivity contribution is 7.99. The molecule has 2 aromatic rings. The van der Waals surface area contributed by atoms with Gasteiger partial charge < -0.3 is 4.42 Å². The summed E-state index contributed by atoms with van der Waals surface area (Å²) in [5.74, 6) is 0.892. The van der Waals surface area contributed by atoms with Gasteiger partial charge in [0.1, 0.15) is 5.76 Å². The number of thioether (sulfide) groups is 1. The number of aromatic nitrogens is 1. The number of nitrogens with zero attached hydrogens (tertiary/aromatic N) is 1. The van der Waals surface area contributed by atoms with Crippen molar-refractivity contribution in [3.63, 3.8) is 0 Å². The minimum Gasteiger partial charge on any atom is -0.437 e. The Morgan fingerprint density at radius 2 is 2.06 bits per heavy atom. The summed E-state index contributed by atoms with van der Waals surface area (Å²) >= 11 is 1.65. The SMILES string of the molecule is C=CCC(Sc1nc(C)c(C)o1)c1ccccc1. The van der Waals surface area contributed by atoms with Crippen LogP contribution in [0.5, 0.6) is 0 Å². The maximum atomic E-state index is 5.63. The molecule has 1 aromatic heterocycles. The summed E-state index contributed by atoms with van der Waals surface area (Å²) in [6.45, 7) is 7.73. The average Bonchev–Trinajstić information content (AvgIpc) is 2.69. The van der Waals surface area contributed by atoms with Crippen molar-refractivity contribution in [2.24, 2.45) is 0 Å². The molecule has 0 N–H and O–H groups in total. The van der Waals surface area contributed by atoms with E-state index in [2.05, 4.69) is 35.8 Å². The highest BCUT2D eigenvalue weighted by Crippen LogP contribution is 2.37. The highest BCUT2D eigenvalue weighted by atomic mass is 32.2.